The molecule has 1 aromatic carbocycles. The van der Waals surface area contributed by atoms with Crippen LogP contribution < -0.4 is 5.32 Å². The molecule has 96 valence electrons. The van der Waals surface area contributed by atoms with Gasteiger partial charge in [0.05, 0.1) is 13.7 Å². The quantitative estimate of drug-likeness (QED) is 0.672. The lowest BCUT2D eigenvalue weighted by atomic mass is 9.91. The van der Waals surface area contributed by atoms with Crippen molar-refractivity contribution in [2.45, 2.75) is 12.5 Å². The van der Waals surface area contributed by atoms with Gasteiger partial charge in [-0.15, -0.1) is 6.42 Å². The number of benzene rings is 1. The Kier molecular flexibility index (Phi) is 4.71. The molecule has 1 N–H and O–H groups in total. The topological polar surface area (TPSA) is 38.3 Å². The van der Waals surface area contributed by atoms with Gasteiger partial charge in [0, 0.05) is 10.6 Å². The molecule has 0 saturated heterocycles. The van der Waals surface area contributed by atoms with Gasteiger partial charge in [0.1, 0.15) is 11.4 Å². The molecule has 0 fully saturated rings. The van der Waals surface area contributed by atoms with E-state index in [0.717, 1.165) is 6.07 Å². The van der Waals surface area contributed by atoms with Crippen molar-refractivity contribution in [1.29, 1.82) is 0 Å². The Labute approximate surface area is 110 Å². The number of hydrogen-bond donors (Lipinski definition) is 1. The molecule has 0 heterocycles. The maximum atomic E-state index is 13.0. The first-order valence-electron chi connectivity index (χ1n) is 5.18. The predicted octanol–water partition coefficient (Wildman–Crippen LogP) is 2.09. The summed E-state index contributed by atoms with van der Waals surface area (Å²) in [4.78, 5) is 11.9. The molecule has 1 atom stereocenters. The molecule has 5 heteroatoms. The smallest absolute Gasteiger partial charge is 0.330 e. The molecule has 0 bridgehead atoms. The second-order valence-electron chi connectivity index (χ2n) is 3.80. The number of nitrogens with one attached hydrogen (secondary N) is 1. The lowest BCUT2D eigenvalue weighted by molar-refractivity contribution is -0.148. The highest BCUT2D eigenvalue weighted by molar-refractivity contribution is 6.31. The zero-order valence-electron chi connectivity index (χ0n) is 10.1. The summed E-state index contributed by atoms with van der Waals surface area (Å²) in [6.45, 7) is 1.73. The third-order valence-electron chi connectivity index (χ3n) is 2.61. The Morgan fingerprint density at radius 1 is 1.67 bits per heavy atom. The molecule has 1 rings (SSSR count). The van der Waals surface area contributed by atoms with Crippen molar-refractivity contribution in [3.8, 4) is 12.3 Å². The van der Waals surface area contributed by atoms with Crippen LogP contribution in [0, 0.1) is 18.2 Å². The lowest BCUT2D eigenvalue weighted by Crippen LogP contribution is -2.47. The van der Waals surface area contributed by atoms with Gasteiger partial charge < -0.3 is 4.74 Å². The Hall–Kier alpha value is -1.57. The van der Waals surface area contributed by atoms with Crippen molar-refractivity contribution < 1.29 is 13.9 Å². The molecular weight excluding hydrogens is 257 g/mol. The zero-order chi connectivity index (χ0) is 13.8. The summed E-state index contributed by atoms with van der Waals surface area (Å²) in [7, 11) is 1.26. The maximum absolute atomic E-state index is 13.0. The van der Waals surface area contributed by atoms with Crippen molar-refractivity contribution in [3.63, 3.8) is 0 Å². The summed E-state index contributed by atoms with van der Waals surface area (Å²) in [5, 5.41) is 2.99. The summed E-state index contributed by atoms with van der Waals surface area (Å²) in [6, 6.07) is 3.79. The van der Waals surface area contributed by atoms with E-state index in [1.807, 2.05) is 0 Å². The van der Waals surface area contributed by atoms with Crippen molar-refractivity contribution in [2.24, 2.45) is 0 Å². The van der Waals surface area contributed by atoms with E-state index in [1.54, 1.807) is 6.92 Å². The van der Waals surface area contributed by atoms with Crippen LogP contribution in [0.2, 0.25) is 5.02 Å². The summed E-state index contributed by atoms with van der Waals surface area (Å²) in [6.07, 6.45) is 5.16. The second-order valence-corrected chi connectivity index (χ2v) is 4.21. The molecule has 1 aromatic rings. The third kappa shape index (κ3) is 2.81. The minimum absolute atomic E-state index is 0.132. The van der Waals surface area contributed by atoms with E-state index in [1.165, 1.54) is 19.2 Å². The van der Waals surface area contributed by atoms with Crippen LogP contribution >= 0.6 is 11.6 Å². The van der Waals surface area contributed by atoms with Crippen LogP contribution in [0.5, 0.6) is 0 Å². The summed E-state index contributed by atoms with van der Waals surface area (Å²) in [5.74, 6) is 1.34. The van der Waals surface area contributed by atoms with Crippen LogP contribution in [0.3, 0.4) is 0 Å². The van der Waals surface area contributed by atoms with Gasteiger partial charge in [-0.1, -0.05) is 23.6 Å². The minimum Gasteiger partial charge on any atom is -0.467 e. The number of halogens is 2. The third-order valence-corrected chi connectivity index (χ3v) is 2.92. The first kappa shape index (κ1) is 14.5. The maximum Gasteiger partial charge on any atom is 0.330 e. The number of esters is 1. The molecule has 0 spiro atoms. The number of carbonyl (C=O) groups is 1. The fourth-order valence-electron chi connectivity index (χ4n) is 1.60. The molecule has 0 aliphatic rings. The van der Waals surface area contributed by atoms with E-state index >= 15 is 0 Å². The Morgan fingerprint density at radius 2 is 2.33 bits per heavy atom. The molecule has 0 radical (unpaired) electrons. The number of carbonyl (C=O) groups excluding carboxylic acids is 1. The second kappa shape index (κ2) is 5.85. The lowest BCUT2D eigenvalue weighted by Gasteiger charge is -2.28. The van der Waals surface area contributed by atoms with Crippen LogP contribution in [0.15, 0.2) is 18.2 Å². The van der Waals surface area contributed by atoms with Gasteiger partial charge >= 0.3 is 5.97 Å². The monoisotopic (exact) mass is 269 g/mol. The molecule has 0 amide bonds. The van der Waals surface area contributed by atoms with Gasteiger partial charge in [0.15, 0.2) is 0 Å². The van der Waals surface area contributed by atoms with Crippen molar-refractivity contribution in [1.82, 2.24) is 5.32 Å². The number of ether oxygens (including phenoxy) is 1. The van der Waals surface area contributed by atoms with Crippen LogP contribution in [0.1, 0.15) is 12.5 Å². The van der Waals surface area contributed by atoms with E-state index in [9.17, 15) is 9.18 Å². The number of hydrogen-bond acceptors (Lipinski definition) is 3. The van der Waals surface area contributed by atoms with E-state index in [4.69, 9.17) is 22.8 Å². The molecule has 0 saturated carbocycles. The van der Waals surface area contributed by atoms with Crippen LogP contribution in [-0.2, 0) is 15.1 Å². The average Bonchev–Trinajstić information content (AvgIpc) is 2.34. The highest BCUT2D eigenvalue weighted by Gasteiger charge is 2.37. The fourth-order valence-corrected chi connectivity index (χ4v) is 1.96. The highest BCUT2D eigenvalue weighted by atomic mass is 35.5. The first-order chi connectivity index (χ1) is 8.45. The summed E-state index contributed by atoms with van der Waals surface area (Å²) >= 11 is 5.95. The van der Waals surface area contributed by atoms with E-state index in [-0.39, 0.29) is 11.6 Å². The van der Waals surface area contributed by atoms with E-state index in [0.29, 0.717) is 5.56 Å². The molecule has 0 aliphatic heterocycles. The normalized spacial score (nSPS) is 13.5. The SMILES string of the molecule is C#CCNC(C)(C(=O)OC)c1ccc(F)cc1Cl. The van der Waals surface area contributed by atoms with Crippen LogP contribution in [0.25, 0.3) is 0 Å². The van der Waals surface area contributed by atoms with Crippen LogP contribution in [-0.4, -0.2) is 19.6 Å². The Balaban J connectivity index is 3.25. The van der Waals surface area contributed by atoms with Gasteiger partial charge in [-0.3, -0.25) is 5.32 Å². The van der Waals surface area contributed by atoms with Crippen molar-refractivity contribution >= 4 is 17.6 Å². The molecule has 1 unspecified atom stereocenters. The number of rotatable bonds is 4. The molecule has 3 nitrogen and oxygen atoms in total. The number of terminal acetylenes is 1. The Morgan fingerprint density at radius 3 is 2.83 bits per heavy atom. The largest absolute Gasteiger partial charge is 0.467 e. The van der Waals surface area contributed by atoms with Gasteiger partial charge in [-0.2, -0.15) is 0 Å². The average molecular weight is 270 g/mol. The van der Waals surface area contributed by atoms with E-state index in [2.05, 4.69) is 11.2 Å². The molecule has 0 aromatic heterocycles. The Bertz CT molecular complexity index is 498. The van der Waals surface area contributed by atoms with Crippen molar-refractivity contribution in [2.75, 3.05) is 13.7 Å². The summed E-state index contributed by atoms with van der Waals surface area (Å²) in [5.41, 5.74) is -0.806. The standard InChI is InChI=1S/C13H13ClFNO2/c1-4-7-16-13(2,12(17)18-3)10-6-5-9(15)8-11(10)14/h1,5-6,8,16H,7H2,2-3H3. The molecule has 0 aliphatic carbocycles. The summed E-state index contributed by atoms with van der Waals surface area (Å²) < 4.78 is 17.7. The number of methoxy groups -OCH3 is 1. The van der Waals surface area contributed by atoms with Gasteiger partial charge in [0.25, 0.3) is 0 Å². The van der Waals surface area contributed by atoms with Gasteiger partial charge in [0.2, 0.25) is 0 Å². The minimum atomic E-state index is -1.22. The first-order valence-corrected chi connectivity index (χ1v) is 5.56. The van der Waals surface area contributed by atoms with Gasteiger partial charge in [-0.05, 0) is 19.1 Å². The molecule has 18 heavy (non-hydrogen) atoms. The fraction of sp³-hybridized carbons (Fsp3) is 0.308. The zero-order valence-corrected chi connectivity index (χ0v) is 10.8. The predicted molar refractivity (Wildman–Crippen MR) is 67.6 cm³/mol. The van der Waals surface area contributed by atoms with Crippen molar-refractivity contribution in [3.05, 3.63) is 34.6 Å². The van der Waals surface area contributed by atoms with E-state index < -0.39 is 17.3 Å². The van der Waals surface area contributed by atoms with Crippen LogP contribution in [0.4, 0.5) is 4.39 Å². The van der Waals surface area contributed by atoms with Gasteiger partial charge in [-0.25, -0.2) is 9.18 Å². The molecular formula is C13H13ClFNO2. The highest BCUT2D eigenvalue weighted by Crippen LogP contribution is 2.29.